The van der Waals surface area contributed by atoms with Crippen molar-refractivity contribution in [2.45, 2.75) is 40.0 Å². The average molecular weight is 344 g/mol. The summed E-state index contributed by atoms with van der Waals surface area (Å²) in [7, 11) is 4.91. The van der Waals surface area contributed by atoms with Crippen molar-refractivity contribution in [3.05, 3.63) is 48.1 Å². The lowest BCUT2D eigenvalue weighted by Gasteiger charge is -2.19. The van der Waals surface area contributed by atoms with Crippen LogP contribution in [0.5, 0.6) is 17.2 Å². The lowest BCUT2D eigenvalue weighted by Crippen LogP contribution is -2.01. The molecule has 0 saturated carbocycles. The van der Waals surface area contributed by atoms with Crippen LogP contribution >= 0.6 is 0 Å². The fraction of sp³-hybridized carbons (Fsp3) is 0.455. The molecule has 1 aromatic rings. The molecule has 0 aromatic heterocycles. The van der Waals surface area contributed by atoms with Crippen molar-refractivity contribution in [1.29, 1.82) is 0 Å². The molecule has 0 aliphatic heterocycles. The topological polar surface area (TPSA) is 27.7 Å². The molecule has 0 aliphatic carbocycles. The molecular weight excluding hydrogens is 312 g/mol. The van der Waals surface area contributed by atoms with Gasteiger partial charge in [0.2, 0.25) is 5.75 Å². The first-order valence-electron chi connectivity index (χ1n) is 8.89. The largest absolute Gasteiger partial charge is 0.493 e. The lowest BCUT2D eigenvalue weighted by molar-refractivity contribution is 0.324. The molecule has 3 nitrogen and oxygen atoms in total. The van der Waals surface area contributed by atoms with E-state index in [0.717, 1.165) is 24.8 Å². The molecular formula is C22H32O3. The van der Waals surface area contributed by atoms with Crippen LogP contribution in [0.15, 0.2) is 42.5 Å². The molecule has 1 aromatic carbocycles. The molecule has 0 amide bonds. The normalized spacial score (nSPS) is 13.4. The molecule has 3 heteroatoms. The molecule has 0 spiro atoms. The Morgan fingerprint density at radius 1 is 1.04 bits per heavy atom. The van der Waals surface area contributed by atoms with E-state index in [9.17, 15) is 0 Å². The van der Waals surface area contributed by atoms with E-state index in [1.54, 1.807) is 21.3 Å². The highest BCUT2D eigenvalue weighted by Crippen LogP contribution is 2.41. The fourth-order valence-corrected chi connectivity index (χ4v) is 2.75. The minimum absolute atomic E-state index is 0.409. The Morgan fingerprint density at radius 3 is 2.04 bits per heavy atom. The van der Waals surface area contributed by atoms with Crippen LogP contribution in [0.1, 0.15) is 45.6 Å². The van der Waals surface area contributed by atoms with Crippen molar-refractivity contribution in [3.8, 4) is 17.2 Å². The Kier molecular flexibility index (Phi) is 8.90. The summed E-state index contributed by atoms with van der Waals surface area (Å²) in [5, 5.41) is 0. The van der Waals surface area contributed by atoms with Gasteiger partial charge in [0.15, 0.2) is 11.5 Å². The second-order valence-electron chi connectivity index (χ2n) is 6.04. The SMILES string of the molecule is C=C/C(=C\C=C(\c1cc(OC)c(OC)c(OC)c1)C(C)CC)CCC. The summed E-state index contributed by atoms with van der Waals surface area (Å²) in [5.41, 5.74) is 3.58. The van der Waals surface area contributed by atoms with Gasteiger partial charge in [0.25, 0.3) is 0 Å². The first kappa shape index (κ1) is 20.9. The van der Waals surface area contributed by atoms with Crippen molar-refractivity contribution < 1.29 is 14.2 Å². The third-order valence-electron chi connectivity index (χ3n) is 4.42. The molecule has 1 atom stereocenters. The van der Waals surface area contributed by atoms with Gasteiger partial charge in [0.05, 0.1) is 21.3 Å². The molecule has 0 radical (unpaired) electrons. The minimum Gasteiger partial charge on any atom is -0.493 e. The third-order valence-corrected chi connectivity index (χ3v) is 4.42. The van der Waals surface area contributed by atoms with Crippen molar-refractivity contribution in [1.82, 2.24) is 0 Å². The quantitative estimate of drug-likeness (QED) is 0.483. The second-order valence-corrected chi connectivity index (χ2v) is 6.04. The summed E-state index contributed by atoms with van der Waals surface area (Å²) in [5.74, 6) is 2.37. The van der Waals surface area contributed by atoms with Gasteiger partial charge in [-0.1, -0.05) is 52.0 Å². The summed E-state index contributed by atoms with van der Waals surface area (Å²) < 4.78 is 16.4. The van der Waals surface area contributed by atoms with E-state index in [1.165, 1.54) is 11.1 Å². The molecule has 1 rings (SSSR count). The van der Waals surface area contributed by atoms with Crippen molar-refractivity contribution >= 4 is 5.57 Å². The van der Waals surface area contributed by atoms with Gasteiger partial charge in [-0.25, -0.2) is 0 Å². The van der Waals surface area contributed by atoms with E-state index < -0.39 is 0 Å². The van der Waals surface area contributed by atoms with Gasteiger partial charge in [-0.3, -0.25) is 0 Å². The minimum atomic E-state index is 0.409. The van der Waals surface area contributed by atoms with E-state index in [2.05, 4.69) is 39.5 Å². The van der Waals surface area contributed by atoms with Gasteiger partial charge in [-0.2, -0.15) is 0 Å². The predicted octanol–water partition coefficient (Wildman–Crippen LogP) is 6.05. The van der Waals surface area contributed by atoms with Gasteiger partial charge in [-0.15, -0.1) is 0 Å². The lowest BCUT2D eigenvalue weighted by atomic mass is 9.90. The first-order chi connectivity index (χ1) is 12.1. The maximum Gasteiger partial charge on any atom is 0.203 e. The Balaban J connectivity index is 3.48. The number of hydrogen-bond acceptors (Lipinski definition) is 3. The Hall–Kier alpha value is -2.16. The van der Waals surface area contributed by atoms with E-state index in [0.29, 0.717) is 23.2 Å². The van der Waals surface area contributed by atoms with E-state index in [1.807, 2.05) is 18.2 Å². The van der Waals surface area contributed by atoms with Gasteiger partial charge in [0.1, 0.15) is 0 Å². The van der Waals surface area contributed by atoms with Crippen LogP contribution in [0.2, 0.25) is 0 Å². The first-order valence-corrected chi connectivity index (χ1v) is 8.89. The van der Waals surface area contributed by atoms with E-state index in [-0.39, 0.29) is 0 Å². The fourth-order valence-electron chi connectivity index (χ4n) is 2.75. The summed E-state index contributed by atoms with van der Waals surface area (Å²) >= 11 is 0. The molecule has 0 N–H and O–H groups in total. The number of methoxy groups -OCH3 is 3. The zero-order chi connectivity index (χ0) is 18.8. The van der Waals surface area contributed by atoms with Crippen molar-refractivity contribution in [2.24, 2.45) is 5.92 Å². The zero-order valence-corrected chi connectivity index (χ0v) is 16.5. The molecule has 1 unspecified atom stereocenters. The van der Waals surface area contributed by atoms with Crippen LogP contribution in [0, 0.1) is 5.92 Å². The van der Waals surface area contributed by atoms with E-state index >= 15 is 0 Å². The average Bonchev–Trinajstić information content (AvgIpc) is 2.65. The monoisotopic (exact) mass is 344 g/mol. The third kappa shape index (κ3) is 5.42. The van der Waals surface area contributed by atoms with Crippen LogP contribution in [0.4, 0.5) is 0 Å². The molecule has 0 saturated heterocycles. The highest BCUT2D eigenvalue weighted by Gasteiger charge is 2.17. The van der Waals surface area contributed by atoms with Crippen LogP contribution < -0.4 is 14.2 Å². The molecule has 138 valence electrons. The number of hydrogen-bond donors (Lipinski definition) is 0. The molecule has 0 aliphatic rings. The van der Waals surface area contributed by atoms with Crippen LogP contribution in [0.3, 0.4) is 0 Å². The van der Waals surface area contributed by atoms with Gasteiger partial charge in [0, 0.05) is 0 Å². The summed E-state index contributed by atoms with van der Waals surface area (Å²) in [4.78, 5) is 0. The number of benzene rings is 1. The predicted molar refractivity (Wildman–Crippen MR) is 107 cm³/mol. The number of rotatable bonds is 10. The van der Waals surface area contributed by atoms with Crippen molar-refractivity contribution in [2.75, 3.05) is 21.3 Å². The van der Waals surface area contributed by atoms with Crippen LogP contribution in [-0.4, -0.2) is 21.3 Å². The van der Waals surface area contributed by atoms with Crippen molar-refractivity contribution in [3.63, 3.8) is 0 Å². The standard InChI is InChI=1S/C22H32O3/c1-8-11-17(10-3)12-13-19(16(4)9-2)18-14-20(23-5)22(25-7)21(15-18)24-6/h10,12-16H,3,8-9,11H2,1-2,4-7H3/b17-12+,19-13+. The second kappa shape index (κ2) is 10.7. The number of ether oxygens (including phenoxy) is 3. The van der Waals surface area contributed by atoms with Gasteiger partial charge in [-0.05, 0) is 47.6 Å². The smallest absolute Gasteiger partial charge is 0.203 e. The maximum atomic E-state index is 5.50. The summed E-state index contributed by atoms with van der Waals surface area (Å²) in [6.07, 6.45) is 9.48. The Morgan fingerprint density at radius 2 is 1.64 bits per heavy atom. The van der Waals surface area contributed by atoms with Gasteiger partial charge < -0.3 is 14.2 Å². The Labute approximate surface area is 153 Å². The highest BCUT2D eigenvalue weighted by molar-refractivity contribution is 5.73. The number of allylic oxidation sites excluding steroid dienone is 5. The van der Waals surface area contributed by atoms with E-state index in [4.69, 9.17) is 14.2 Å². The molecule has 0 bridgehead atoms. The van der Waals surface area contributed by atoms with Crippen LogP contribution in [0.25, 0.3) is 5.57 Å². The molecule has 0 heterocycles. The molecule has 25 heavy (non-hydrogen) atoms. The van der Waals surface area contributed by atoms with Gasteiger partial charge >= 0.3 is 0 Å². The summed E-state index contributed by atoms with van der Waals surface area (Å²) in [6.45, 7) is 10.5. The summed E-state index contributed by atoms with van der Waals surface area (Å²) in [6, 6.07) is 4.03. The van der Waals surface area contributed by atoms with Crippen LogP contribution in [-0.2, 0) is 0 Å². The zero-order valence-electron chi connectivity index (χ0n) is 16.5. The maximum absolute atomic E-state index is 5.50. The highest BCUT2D eigenvalue weighted by atomic mass is 16.5. The Bertz CT molecular complexity index is 601. The molecule has 0 fully saturated rings.